The predicted molar refractivity (Wildman–Crippen MR) is 77.4 cm³/mol. The molecule has 2 N–H and O–H groups in total. The first-order valence-electron chi connectivity index (χ1n) is 7.08. The summed E-state index contributed by atoms with van der Waals surface area (Å²) in [5.41, 5.74) is 1.38. The summed E-state index contributed by atoms with van der Waals surface area (Å²) in [5.74, 6) is -0.120. The van der Waals surface area contributed by atoms with Gasteiger partial charge in [0.2, 0.25) is 15.9 Å². The topological polar surface area (TPSA) is 86.7 Å². The summed E-state index contributed by atoms with van der Waals surface area (Å²) in [6.07, 6.45) is 2.90. The molecule has 0 radical (unpaired) electrons. The Bertz CT molecular complexity index is 668. The standard InChI is InChI=1S/C14H18N2O4S/c17-7-6-16(11-2-1-3-11)21(19,20)12-4-5-13-10(8-12)9-14(18)15-13/h4-5,8,11,17H,1-3,6-7,9H2,(H,15,18). The molecule has 1 saturated carbocycles. The third-order valence-corrected chi connectivity index (χ3v) is 6.06. The lowest BCUT2D eigenvalue weighted by Crippen LogP contribution is -2.45. The number of rotatable bonds is 5. The van der Waals surface area contributed by atoms with E-state index in [2.05, 4.69) is 5.32 Å². The van der Waals surface area contributed by atoms with E-state index < -0.39 is 10.0 Å². The van der Waals surface area contributed by atoms with Crippen molar-refractivity contribution in [1.82, 2.24) is 4.31 Å². The minimum Gasteiger partial charge on any atom is -0.395 e. The zero-order valence-electron chi connectivity index (χ0n) is 11.6. The van der Waals surface area contributed by atoms with Crippen molar-refractivity contribution in [2.75, 3.05) is 18.5 Å². The number of amides is 1. The molecule has 1 aliphatic heterocycles. The van der Waals surface area contributed by atoms with Gasteiger partial charge < -0.3 is 10.4 Å². The molecule has 21 heavy (non-hydrogen) atoms. The number of carbonyl (C=O) groups excluding carboxylic acids is 1. The fraction of sp³-hybridized carbons (Fsp3) is 0.500. The van der Waals surface area contributed by atoms with Crippen LogP contribution in [0.15, 0.2) is 23.1 Å². The Labute approximate surface area is 123 Å². The van der Waals surface area contributed by atoms with Crippen LogP contribution >= 0.6 is 0 Å². The minimum absolute atomic E-state index is 0.0184. The van der Waals surface area contributed by atoms with E-state index in [4.69, 9.17) is 5.11 Å². The van der Waals surface area contributed by atoms with Crippen molar-refractivity contribution in [3.05, 3.63) is 23.8 Å². The number of fused-ring (bicyclic) bond motifs is 1. The van der Waals surface area contributed by atoms with Crippen LogP contribution in [0.3, 0.4) is 0 Å². The highest BCUT2D eigenvalue weighted by Gasteiger charge is 2.35. The Morgan fingerprint density at radius 1 is 1.33 bits per heavy atom. The first-order valence-corrected chi connectivity index (χ1v) is 8.52. The van der Waals surface area contributed by atoms with E-state index in [-0.39, 0.29) is 36.4 Å². The molecule has 114 valence electrons. The first kappa shape index (κ1) is 14.5. The Morgan fingerprint density at radius 2 is 2.10 bits per heavy atom. The number of benzene rings is 1. The van der Waals surface area contributed by atoms with Crippen LogP contribution in [-0.2, 0) is 21.2 Å². The van der Waals surface area contributed by atoms with Gasteiger partial charge in [0.25, 0.3) is 0 Å². The minimum atomic E-state index is -3.63. The van der Waals surface area contributed by atoms with Crippen molar-refractivity contribution in [3.8, 4) is 0 Å². The van der Waals surface area contributed by atoms with Crippen LogP contribution < -0.4 is 5.32 Å². The average molecular weight is 310 g/mol. The van der Waals surface area contributed by atoms with Crippen LogP contribution in [0, 0.1) is 0 Å². The second kappa shape index (κ2) is 5.40. The fourth-order valence-corrected chi connectivity index (χ4v) is 4.50. The van der Waals surface area contributed by atoms with Crippen LogP contribution in [0.25, 0.3) is 0 Å². The van der Waals surface area contributed by atoms with E-state index in [1.54, 1.807) is 12.1 Å². The molecule has 0 unspecified atom stereocenters. The lowest BCUT2D eigenvalue weighted by molar-refractivity contribution is -0.115. The summed E-state index contributed by atoms with van der Waals surface area (Å²) < 4.78 is 26.9. The highest BCUT2D eigenvalue weighted by molar-refractivity contribution is 7.89. The van der Waals surface area contributed by atoms with Crippen LogP contribution in [0.1, 0.15) is 24.8 Å². The zero-order valence-corrected chi connectivity index (χ0v) is 12.4. The molecule has 1 fully saturated rings. The predicted octanol–water partition coefficient (Wildman–Crippen LogP) is 0.717. The molecule has 0 spiro atoms. The van der Waals surface area contributed by atoms with Crippen molar-refractivity contribution in [3.63, 3.8) is 0 Å². The van der Waals surface area contributed by atoms with Gasteiger partial charge in [-0.05, 0) is 36.6 Å². The maximum atomic E-state index is 12.7. The van der Waals surface area contributed by atoms with E-state index in [0.29, 0.717) is 11.3 Å². The maximum Gasteiger partial charge on any atom is 0.243 e. The van der Waals surface area contributed by atoms with Crippen molar-refractivity contribution < 1.29 is 18.3 Å². The van der Waals surface area contributed by atoms with Crippen LogP contribution in [0.5, 0.6) is 0 Å². The molecule has 1 amide bonds. The molecule has 1 aromatic rings. The van der Waals surface area contributed by atoms with E-state index in [1.165, 1.54) is 10.4 Å². The molecule has 2 aliphatic rings. The van der Waals surface area contributed by atoms with Gasteiger partial charge >= 0.3 is 0 Å². The highest BCUT2D eigenvalue weighted by atomic mass is 32.2. The molecule has 7 heteroatoms. The van der Waals surface area contributed by atoms with Crippen molar-refractivity contribution in [1.29, 1.82) is 0 Å². The number of hydrogen-bond donors (Lipinski definition) is 2. The molecule has 0 aromatic heterocycles. The van der Waals surface area contributed by atoms with Gasteiger partial charge in [0.05, 0.1) is 17.9 Å². The number of aliphatic hydroxyl groups excluding tert-OH is 1. The van der Waals surface area contributed by atoms with E-state index >= 15 is 0 Å². The molecule has 1 aromatic carbocycles. The van der Waals surface area contributed by atoms with Gasteiger partial charge in [-0.25, -0.2) is 8.42 Å². The molecule has 6 nitrogen and oxygen atoms in total. The monoisotopic (exact) mass is 310 g/mol. The number of sulfonamides is 1. The summed E-state index contributed by atoms with van der Waals surface area (Å²) in [6.45, 7) is -0.0814. The number of nitrogens with zero attached hydrogens (tertiary/aromatic N) is 1. The summed E-state index contributed by atoms with van der Waals surface area (Å²) in [4.78, 5) is 11.5. The summed E-state index contributed by atoms with van der Waals surface area (Å²) in [6, 6.07) is 4.69. The fourth-order valence-electron chi connectivity index (χ4n) is 2.77. The molecular weight excluding hydrogens is 292 g/mol. The second-order valence-corrected chi connectivity index (χ2v) is 7.36. The molecule has 1 heterocycles. The van der Waals surface area contributed by atoms with Crippen LogP contribution in [-0.4, -0.2) is 42.9 Å². The lowest BCUT2D eigenvalue weighted by atomic mass is 9.93. The van der Waals surface area contributed by atoms with Gasteiger partial charge in [0, 0.05) is 18.3 Å². The van der Waals surface area contributed by atoms with E-state index in [1.807, 2.05) is 0 Å². The summed E-state index contributed by atoms with van der Waals surface area (Å²) >= 11 is 0. The van der Waals surface area contributed by atoms with Gasteiger partial charge in [-0.1, -0.05) is 6.42 Å². The van der Waals surface area contributed by atoms with E-state index in [0.717, 1.165) is 19.3 Å². The largest absolute Gasteiger partial charge is 0.395 e. The molecule has 0 atom stereocenters. The number of hydrogen-bond acceptors (Lipinski definition) is 4. The van der Waals surface area contributed by atoms with Gasteiger partial charge in [0.15, 0.2) is 0 Å². The molecule has 0 saturated heterocycles. The van der Waals surface area contributed by atoms with Crippen molar-refractivity contribution in [2.24, 2.45) is 0 Å². The average Bonchev–Trinajstić information content (AvgIpc) is 2.75. The van der Waals surface area contributed by atoms with Gasteiger partial charge in [-0.15, -0.1) is 0 Å². The third kappa shape index (κ3) is 2.56. The third-order valence-electron chi connectivity index (χ3n) is 4.11. The Morgan fingerprint density at radius 3 is 2.71 bits per heavy atom. The van der Waals surface area contributed by atoms with Gasteiger partial charge in [-0.2, -0.15) is 4.31 Å². The van der Waals surface area contributed by atoms with Crippen LogP contribution in [0.4, 0.5) is 5.69 Å². The summed E-state index contributed by atoms with van der Waals surface area (Å²) in [7, 11) is -3.63. The maximum absolute atomic E-state index is 12.7. The molecule has 3 rings (SSSR count). The molecule has 0 bridgehead atoms. The zero-order chi connectivity index (χ0) is 15.0. The second-order valence-electron chi connectivity index (χ2n) is 5.47. The number of anilines is 1. The Kier molecular flexibility index (Phi) is 3.73. The normalized spacial score (nSPS) is 18.5. The summed E-state index contributed by atoms with van der Waals surface area (Å²) in [5, 5.41) is 11.8. The Balaban J connectivity index is 1.93. The van der Waals surface area contributed by atoms with E-state index in [9.17, 15) is 13.2 Å². The SMILES string of the molecule is O=C1Cc2cc(S(=O)(=O)N(CCO)C3CCC3)ccc2N1. The Hall–Kier alpha value is -1.44. The smallest absolute Gasteiger partial charge is 0.243 e. The highest BCUT2D eigenvalue weighted by Crippen LogP contribution is 2.32. The van der Waals surface area contributed by atoms with Gasteiger partial charge in [0.1, 0.15) is 0 Å². The molecule has 1 aliphatic carbocycles. The first-order chi connectivity index (χ1) is 10.0. The van der Waals surface area contributed by atoms with Gasteiger partial charge in [-0.3, -0.25) is 4.79 Å². The van der Waals surface area contributed by atoms with Crippen molar-refractivity contribution in [2.45, 2.75) is 36.6 Å². The number of nitrogens with one attached hydrogen (secondary N) is 1. The lowest BCUT2D eigenvalue weighted by Gasteiger charge is -2.36. The van der Waals surface area contributed by atoms with Crippen molar-refractivity contribution >= 4 is 21.6 Å². The molecular formula is C14H18N2O4S. The number of aliphatic hydroxyl groups is 1. The quantitative estimate of drug-likeness (QED) is 0.839. The number of carbonyl (C=O) groups is 1. The van der Waals surface area contributed by atoms with Crippen LogP contribution in [0.2, 0.25) is 0 Å².